The first-order valence-corrected chi connectivity index (χ1v) is 8.39. The smallest absolute Gasteiger partial charge is 0.410 e. The van der Waals surface area contributed by atoms with Gasteiger partial charge in [0.2, 0.25) is 0 Å². The van der Waals surface area contributed by atoms with E-state index in [1.165, 1.54) is 0 Å². The molecule has 1 aliphatic heterocycles. The standard InChI is InChI=1S/C17H23ClN2O4/c1-17(2,3)24-16(21)20-9-7-12(8-10-20)23-15-6-4-5-14(18)13(15)11-19-22/h4-6,12H,7-11H2,1-3H3. The Bertz CT molecular complexity index is 593. The van der Waals surface area contributed by atoms with Gasteiger partial charge in [0, 0.05) is 36.5 Å². The van der Waals surface area contributed by atoms with Crippen molar-refractivity contribution in [2.45, 2.75) is 51.9 Å². The molecule has 1 amide bonds. The van der Waals surface area contributed by atoms with E-state index < -0.39 is 5.60 Å². The van der Waals surface area contributed by atoms with Crippen molar-refractivity contribution < 1.29 is 14.3 Å². The number of carbonyl (C=O) groups excluding carboxylic acids is 1. The number of benzene rings is 1. The van der Waals surface area contributed by atoms with Crippen LogP contribution in [-0.2, 0) is 11.3 Å². The highest BCUT2D eigenvalue weighted by molar-refractivity contribution is 6.31. The fourth-order valence-electron chi connectivity index (χ4n) is 2.53. The van der Waals surface area contributed by atoms with E-state index >= 15 is 0 Å². The molecule has 24 heavy (non-hydrogen) atoms. The number of nitroso groups, excluding NO2 is 1. The van der Waals surface area contributed by atoms with Crippen molar-refractivity contribution in [3.05, 3.63) is 33.7 Å². The molecular weight excluding hydrogens is 332 g/mol. The van der Waals surface area contributed by atoms with Gasteiger partial charge >= 0.3 is 6.09 Å². The summed E-state index contributed by atoms with van der Waals surface area (Å²) in [4.78, 5) is 24.3. The SMILES string of the molecule is CC(C)(C)OC(=O)N1CCC(Oc2cccc(Cl)c2CN=O)CC1. The molecule has 1 aromatic carbocycles. The van der Waals surface area contributed by atoms with Gasteiger partial charge in [-0.05, 0) is 32.9 Å². The first-order valence-electron chi connectivity index (χ1n) is 8.01. The average Bonchev–Trinajstić information content (AvgIpc) is 2.50. The Kier molecular flexibility index (Phi) is 6.04. The molecule has 2 rings (SSSR count). The number of amides is 1. The molecule has 1 heterocycles. The van der Waals surface area contributed by atoms with Crippen molar-refractivity contribution in [3.8, 4) is 5.75 Å². The van der Waals surface area contributed by atoms with E-state index in [0.717, 1.165) is 0 Å². The van der Waals surface area contributed by atoms with E-state index in [2.05, 4.69) is 5.18 Å². The third-order valence-electron chi connectivity index (χ3n) is 3.69. The minimum absolute atomic E-state index is 0.0221. The van der Waals surface area contributed by atoms with Crippen LogP contribution >= 0.6 is 11.6 Å². The number of hydrogen-bond acceptors (Lipinski definition) is 5. The highest BCUT2D eigenvalue weighted by Gasteiger charge is 2.28. The molecule has 1 aromatic rings. The fourth-order valence-corrected chi connectivity index (χ4v) is 2.76. The summed E-state index contributed by atoms with van der Waals surface area (Å²) in [5.74, 6) is 0.581. The molecule has 1 aliphatic rings. The number of piperidine rings is 1. The van der Waals surface area contributed by atoms with Crippen LogP contribution in [0.15, 0.2) is 23.4 Å². The molecule has 1 fully saturated rings. The normalized spacial score (nSPS) is 15.9. The van der Waals surface area contributed by atoms with Crippen LogP contribution in [0.2, 0.25) is 5.02 Å². The number of hydrogen-bond donors (Lipinski definition) is 0. The van der Waals surface area contributed by atoms with Crippen LogP contribution in [0.25, 0.3) is 0 Å². The Labute approximate surface area is 147 Å². The Balaban J connectivity index is 1.93. The Morgan fingerprint density at radius 2 is 2.00 bits per heavy atom. The van der Waals surface area contributed by atoms with Crippen LogP contribution in [0.3, 0.4) is 0 Å². The number of likely N-dealkylation sites (tertiary alicyclic amines) is 1. The number of carbonyl (C=O) groups is 1. The van der Waals surface area contributed by atoms with Gasteiger partial charge < -0.3 is 14.4 Å². The molecule has 0 radical (unpaired) electrons. The maximum absolute atomic E-state index is 12.1. The van der Waals surface area contributed by atoms with Gasteiger partial charge in [-0.15, -0.1) is 0 Å². The van der Waals surface area contributed by atoms with E-state index in [9.17, 15) is 9.70 Å². The molecule has 132 valence electrons. The summed E-state index contributed by atoms with van der Waals surface area (Å²) in [6.45, 7) is 6.67. The summed E-state index contributed by atoms with van der Waals surface area (Å²) < 4.78 is 11.4. The lowest BCUT2D eigenvalue weighted by molar-refractivity contribution is 0.0126. The van der Waals surface area contributed by atoms with Crippen molar-refractivity contribution in [1.82, 2.24) is 4.90 Å². The number of nitrogens with zero attached hydrogens (tertiary/aromatic N) is 2. The summed E-state index contributed by atoms with van der Waals surface area (Å²) >= 11 is 6.10. The van der Waals surface area contributed by atoms with Crippen LogP contribution in [0.1, 0.15) is 39.2 Å². The van der Waals surface area contributed by atoms with Crippen LogP contribution in [0, 0.1) is 4.91 Å². The lowest BCUT2D eigenvalue weighted by Crippen LogP contribution is -2.44. The molecule has 0 saturated carbocycles. The van der Waals surface area contributed by atoms with Crippen LogP contribution in [0.5, 0.6) is 5.75 Å². The summed E-state index contributed by atoms with van der Waals surface area (Å²) in [6.07, 6.45) is 1.06. The molecule has 6 nitrogen and oxygen atoms in total. The molecule has 0 spiro atoms. The molecule has 1 saturated heterocycles. The van der Waals surface area contributed by atoms with E-state index in [0.29, 0.717) is 42.3 Å². The minimum atomic E-state index is -0.498. The van der Waals surface area contributed by atoms with Gasteiger partial charge in [-0.1, -0.05) is 22.8 Å². The van der Waals surface area contributed by atoms with Gasteiger partial charge in [-0.2, -0.15) is 4.91 Å². The predicted molar refractivity (Wildman–Crippen MR) is 92.4 cm³/mol. The second-order valence-corrected chi connectivity index (χ2v) is 7.20. The lowest BCUT2D eigenvalue weighted by atomic mass is 10.1. The van der Waals surface area contributed by atoms with E-state index in [1.54, 1.807) is 23.1 Å². The summed E-state index contributed by atoms with van der Waals surface area (Å²) in [5.41, 5.74) is 0.103. The van der Waals surface area contributed by atoms with Gasteiger partial charge in [0.25, 0.3) is 0 Å². The first kappa shape index (κ1) is 18.5. The number of rotatable bonds is 4. The topological polar surface area (TPSA) is 68.2 Å². The molecule has 0 aromatic heterocycles. The zero-order valence-electron chi connectivity index (χ0n) is 14.3. The molecule has 0 aliphatic carbocycles. The second-order valence-electron chi connectivity index (χ2n) is 6.79. The summed E-state index contributed by atoms with van der Waals surface area (Å²) in [6, 6.07) is 5.27. The van der Waals surface area contributed by atoms with Crippen molar-refractivity contribution in [2.24, 2.45) is 5.18 Å². The molecule has 0 bridgehead atoms. The van der Waals surface area contributed by atoms with Gasteiger partial charge in [0.15, 0.2) is 0 Å². The zero-order valence-corrected chi connectivity index (χ0v) is 15.0. The minimum Gasteiger partial charge on any atom is -0.490 e. The van der Waals surface area contributed by atoms with E-state index in [4.69, 9.17) is 21.1 Å². The average molecular weight is 355 g/mol. The van der Waals surface area contributed by atoms with Crippen molar-refractivity contribution in [3.63, 3.8) is 0 Å². The Morgan fingerprint density at radius 1 is 1.33 bits per heavy atom. The third kappa shape index (κ3) is 5.09. The third-order valence-corrected chi connectivity index (χ3v) is 4.04. The molecule has 7 heteroatoms. The van der Waals surface area contributed by atoms with Crippen LogP contribution < -0.4 is 4.74 Å². The number of ether oxygens (including phenoxy) is 2. The molecule has 0 atom stereocenters. The summed E-state index contributed by atoms with van der Waals surface area (Å²) in [5, 5.41) is 3.38. The molecule has 0 N–H and O–H groups in total. The quantitative estimate of drug-likeness (QED) is 0.752. The van der Waals surface area contributed by atoms with Crippen molar-refractivity contribution >= 4 is 17.7 Å². The second kappa shape index (κ2) is 7.83. The summed E-state index contributed by atoms with van der Waals surface area (Å²) in [7, 11) is 0. The molecular formula is C17H23ClN2O4. The first-order chi connectivity index (χ1) is 11.3. The van der Waals surface area contributed by atoms with Crippen molar-refractivity contribution in [1.29, 1.82) is 0 Å². The monoisotopic (exact) mass is 354 g/mol. The molecule has 0 unspecified atom stereocenters. The Morgan fingerprint density at radius 3 is 2.58 bits per heavy atom. The highest BCUT2D eigenvalue weighted by Crippen LogP contribution is 2.29. The Hall–Kier alpha value is -1.82. The van der Waals surface area contributed by atoms with Crippen LogP contribution in [-0.4, -0.2) is 35.8 Å². The number of halogens is 1. The van der Waals surface area contributed by atoms with E-state index in [-0.39, 0.29) is 18.7 Å². The van der Waals surface area contributed by atoms with Crippen molar-refractivity contribution in [2.75, 3.05) is 13.1 Å². The lowest BCUT2D eigenvalue weighted by Gasteiger charge is -2.33. The van der Waals surface area contributed by atoms with Gasteiger partial charge in [0.05, 0.1) is 0 Å². The van der Waals surface area contributed by atoms with E-state index in [1.807, 2.05) is 20.8 Å². The zero-order chi connectivity index (χ0) is 17.7. The predicted octanol–water partition coefficient (Wildman–Crippen LogP) is 4.38. The van der Waals surface area contributed by atoms with Gasteiger partial charge in [-0.3, -0.25) is 0 Å². The maximum Gasteiger partial charge on any atom is 0.410 e. The van der Waals surface area contributed by atoms with Gasteiger partial charge in [0.1, 0.15) is 24.0 Å². The highest BCUT2D eigenvalue weighted by atomic mass is 35.5. The fraction of sp³-hybridized carbons (Fsp3) is 0.588. The van der Waals surface area contributed by atoms with Gasteiger partial charge in [-0.25, -0.2) is 4.79 Å². The largest absolute Gasteiger partial charge is 0.490 e. The van der Waals surface area contributed by atoms with Crippen LogP contribution in [0.4, 0.5) is 4.79 Å². The maximum atomic E-state index is 12.1.